The Kier molecular flexibility index (Phi) is 5.82. The molecule has 0 saturated carbocycles. The average molecular weight is 318 g/mol. The molecule has 0 aliphatic heterocycles. The van der Waals surface area contributed by atoms with E-state index >= 15 is 0 Å². The van der Waals surface area contributed by atoms with Crippen LogP contribution in [-0.2, 0) is 20.7 Å². The van der Waals surface area contributed by atoms with Gasteiger partial charge in [-0.25, -0.2) is 0 Å². The van der Waals surface area contributed by atoms with Crippen molar-refractivity contribution in [3.63, 3.8) is 0 Å². The molecule has 0 bridgehead atoms. The van der Waals surface area contributed by atoms with Crippen molar-refractivity contribution < 1.29 is 23.8 Å². The van der Waals surface area contributed by atoms with Crippen molar-refractivity contribution in [3.05, 3.63) is 59.0 Å². The number of hydrogen-bond donors (Lipinski definition) is 1. The molecule has 5 heteroatoms. The van der Waals surface area contributed by atoms with Gasteiger partial charge in [0.1, 0.15) is 6.10 Å². The van der Waals surface area contributed by atoms with Gasteiger partial charge in [0.05, 0.1) is 26.7 Å². The van der Waals surface area contributed by atoms with Crippen LogP contribution in [0.5, 0.6) is 0 Å². The average Bonchev–Trinajstić information content (AvgIpc) is 3.03. The first-order valence-corrected chi connectivity index (χ1v) is 7.48. The van der Waals surface area contributed by atoms with E-state index in [0.717, 1.165) is 24.0 Å². The maximum Gasteiger partial charge on any atom is 0.224 e. The quantitative estimate of drug-likeness (QED) is 0.783. The van der Waals surface area contributed by atoms with Crippen molar-refractivity contribution >= 4 is 5.78 Å². The first kappa shape index (κ1) is 17.1. The van der Waals surface area contributed by atoms with Crippen LogP contribution in [0.1, 0.15) is 25.3 Å². The van der Waals surface area contributed by atoms with Crippen LogP contribution >= 0.6 is 0 Å². The van der Waals surface area contributed by atoms with E-state index < -0.39 is 6.10 Å². The Labute approximate surface area is 135 Å². The van der Waals surface area contributed by atoms with E-state index in [4.69, 9.17) is 13.9 Å². The van der Waals surface area contributed by atoms with Crippen LogP contribution < -0.4 is 0 Å². The number of rotatable bonds is 7. The zero-order chi connectivity index (χ0) is 16.8. The molecule has 1 unspecified atom stereocenters. The number of methoxy groups -OCH3 is 2. The number of carbonyl (C=O) groups is 1. The van der Waals surface area contributed by atoms with Crippen molar-refractivity contribution in [2.24, 2.45) is 0 Å². The van der Waals surface area contributed by atoms with Gasteiger partial charge in [-0.1, -0.05) is 11.6 Å². The number of aliphatic hydroxyl groups excluding tert-OH is 1. The summed E-state index contributed by atoms with van der Waals surface area (Å²) < 4.78 is 15.2. The lowest BCUT2D eigenvalue weighted by Crippen LogP contribution is -2.25. The van der Waals surface area contributed by atoms with Gasteiger partial charge in [-0.15, -0.1) is 0 Å². The van der Waals surface area contributed by atoms with Crippen LogP contribution in [0, 0.1) is 0 Å². The number of ketones is 1. The highest BCUT2D eigenvalue weighted by Crippen LogP contribution is 2.28. The van der Waals surface area contributed by atoms with Crippen molar-refractivity contribution in [2.75, 3.05) is 14.2 Å². The van der Waals surface area contributed by atoms with Gasteiger partial charge in [-0.05, 0) is 49.5 Å². The number of carbonyl (C=O) groups excluding carboxylic acids is 1. The van der Waals surface area contributed by atoms with Gasteiger partial charge in [0.25, 0.3) is 0 Å². The van der Waals surface area contributed by atoms with Crippen molar-refractivity contribution in [3.8, 4) is 0 Å². The third-order valence-corrected chi connectivity index (χ3v) is 3.78. The zero-order valence-electron chi connectivity index (χ0n) is 13.7. The molecule has 0 radical (unpaired) electrons. The second kappa shape index (κ2) is 7.83. The molecule has 1 aliphatic carbocycles. The summed E-state index contributed by atoms with van der Waals surface area (Å²) in [5.41, 5.74) is 2.85. The van der Waals surface area contributed by atoms with E-state index in [1.54, 1.807) is 12.5 Å². The van der Waals surface area contributed by atoms with Crippen LogP contribution in [0.15, 0.2) is 57.8 Å². The van der Waals surface area contributed by atoms with E-state index in [1.165, 1.54) is 20.3 Å². The minimum absolute atomic E-state index is 0.0605. The zero-order valence-corrected chi connectivity index (χ0v) is 13.7. The Bertz CT molecular complexity index is 634. The molecule has 1 atom stereocenters. The second-order valence-electron chi connectivity index (χ2n) is 5.49. The predicted molar refractivity (Wildman–Crippen MR) is 85.5 cm³/mol. The summed E-state index contributed by atoms with van der Waals surface area (Å²) in [4.78, 5) is 12.0. The van der Waals surface area contributed by atoms with E-state index in [9.17, 15) is 9.90 Å². The van der Waals surface area contributed by atoms with Gasteiger partial charge in [-0.3, -0.25) is 4.79 Å². The first-order chi connectivity index (χ1) is 11.1. The van der Waals surface area contributed by atoms with Crippen molar-refractivity contribution in [1.29, 1.82) is 0 Å². The summed E-state index contributed by atoms with van der Waals surface area (Å²) in [6.07, 6.45) is 8.26. The highest BCUT2D eigenvalue weighted by atomic mass is 16.5. The number of aliphatic hydroxyl groups is 1. The second-order valence-corrected chi connectivity index (χ2v) is 5.49. The van der Waals surface area contributed by atoms with Crippen LogP contribution in [-0.4, -0.2) is 31.2 Å². The van der Waals surface area contributed by atoms with Gasteiger partial charge in [0, 0.05) is 0 Å². The smallest absolute Gasteiger partial charge is 0.224 e. The predicted octanol–water partition coefficient (Wildman–Crippen LogP) is 2.92. The monoisotopic (exact) mass is 318 g/mol. The van der Waals surface area contributed by atoms with Crippen molar-refractivity contribution in [2.45, 2.75) is 32.3 Å². The van der Waals surface area contributed by atoms with Crippen LogP contribution in [0.3, 0.4) is 0 Å². The van der Waals surface area contributed by atoms with Crippen LogP contribution in [0.4, 0.5) is 0 Å². The van der Waals surface area contributed by atoms with Gasteiger partial charge in [0.2, 0.25) is 11.5 Å². The first-order valence-electron chi connectivity index (χ1n) is 7.48. The van der Waals surface area contributed by atoms with Gasteiger partial charge >= 0.3 is 0 Å². The molecule has 0 amide bonds. The van der Waals surface area contributed by atoms with E-state index in [2.05, 4.69) is 6.08 Å². The molecular weight excluding hydrogens is 296 g/mol. The minimum Gasteiger partial charge on any atom is -0.494 e. The molecule has 1 aliphatic rings. The molecule has 0 fully saturated rings. The third-order valence-electron chi connectivity index (χ3n) is 3.78. The summed E-state index contributed by atoms with van der Waals surface area (Å²) >= 11 is 0. The standard InChI is InChI=1S/C18H22O5/c1-12(5-4-6-13-7-8-23-11-13)9-14-10-15(19)17(21-2)18(22-3)16(14)20/h5,7-8,10-11,16,20H,4,6,9H2,1-3H3. The largest absolute Gasteiger partial charge is 0.494 e. The summed E-state index contributed by atoms with van der Waals surface area (Å²) in [6.45, 7) is 1.98. The van der Waals surface area contributed by atoms with E-state index in [-0.39, 0.29) is 17.3 Å². The molecule has 0 saturated heterocycles. The topological polar surface area (TPSA) is 68.9 Å². The molecule has 0 aromatic carbocycles. The SMILES string of the molecule is COC1=C(OC)C(O)C(CC(C)=CCCc2ccoc2)=CC1=O. The molecule has 1 N–H and O–H groups in total. The fraction of sp³-hybridized carbons (Fsp3) is 0.389. The third kappa shape index (κ3) is 4.13. The fourth-order valence-electron chi connectivity index (χ4n) is 2.59. The fourth-order valence-corrected chi connectivity index (χ4v) is 2.59. The molecule has 1 aromatic rings. The molecule has 23 heavy (non-hydrogen) atoms. The summed E-state index contributed by atoms with van der Waals surface area (Å²) in [6, 6.07) is 1.94. The van der Waals surface area contributed by atoms with E-state index in [1.807, 2.05) is 13.0 Å². The Morgan fingerprint density at radius 1 is 1.39 bits per heavy atom. The van der Waals surface area contributed by atoms with Gasteiger partial charge < -0.3 is 19.0 Å². The van der Waals surface area contributed by atoms with Gasteiger partial charge in [0.15, 0.2) is 5.76 Å². The summed E-state index contributed by atoms with van der Waals surface area (Å²) in [5.74, 6) is -0.0533. The lowest BCUT2D eigenvalue weighted by atomic mass is 9.93. The highest BCUT2D eigenvalue weighted by Gasteiger charge is 2.30. The van der Waals surface area contributed by atoms with E-state index in [0.29, 0.717) is 12.0 Å². The summed E-state index contributed by atoms with van der Waals surface area (Å²) in [5, 5.41) is 10.3. The summed E-state index contributed by atoms with van der Waals surface area (Å²) in [7, 11) is 2.81. The number of furan rings is 1. The van der Waals surface area contributed by atoms with Gasteiger partial charge in [-0.2, -0.15) is 0 Å². The molecule has 2 rings (SSSR count). The lowest BCUT2D eigenvalue weighted by molar-refractivity contribution is -0.115. The maximum atomic E-state index is 12.0. The Hall–Kier alpha value is -2.27. The van der Waals surface area contributed by atoms with Crippen molar-refractivity contribution in [1.82, 2.24) is 0 Å². The molecule has 1 aromatic heterocycles. The lowest BCUT2D eigenvalue weighted by Gasteiger charge is -2.23. The minimum atomic E-state index is -0.954. The maximum absolute atomic E-state index is 12.0. The molecular formula is C18H22O5. The van der Waals surface area contributed by atoms with Crippen LogP contribution in [0.2, 0.25) is 0 Å². The number of hydrogen-bond acceptors (Lipinski definition) is 5. The normalized spacial score (nSPS) is 19.0. The molecule has 1 heterocycles. The molecule has 0 spiro atoms. The Morgan fingerprint density at radius 2 is 2.17 bits per heavy atom. The number of ether oxygens (including phenoxy) is 2. The number of aryl methyl sites for hydroxylation is 1. The highest BCUT2D eigenvalue weighted by molar-refractivity contribution is 6.04. The molecule has 5 nitrogen and oxygen atoms in total. The van der Waals surface area contributed by atoms with Crippen LogP contribution in [0.25, 0.3) is 0 Å². The Balaban J connectivity index is 2.00. The number of allylic oxidation sites excluding steroid dienone is 3. The Morgan fingerprint density at radius 3 is 2.78 bits per heavy atom. The molecule has 124 valence electrons.